The van der Waals surface area contributed by atoms with Crippen LogP contribution in [0.1, 0.15) is 24.0 Å². The van der Waals surface area contributed by atoms with E-state index in [0.717, 1.165) is 69.3 Å². The van der Waals surface area contributed by atoms with Gasteiger partial charge in [-0.25, -0.2) is 0 Å². The van der Waals surface area contributed by atoms with Crippen LogP contribution >= 0.6 is 11.3 Å². The lowest BCUT2D eigenvalue weighted by Crippen LogP contribution is -2.55. The number of carbonyl (C=O) groups is 1. The normalized spacial score (nSPS) is 22.4. The lowest BCUT2D eigenvalue weighted by atomic mass is 10.0. The third-order valence-corrected chi connectivity index (χ3v) is 7.18. The molecule has 5 rings (SSSR count). The van der Waals surface area contributed by atoms with Crippen LogP contribution in [0.4, 0.5) is 0 Å². The van der Waals surface area contributed by atoms with E-state index in [0.29, 0.717) is 19.3 Å². The van der Waals surface area contributed by atoms with Gasteiger partial charge in [0, 0.05) is 51.9 Å². The molecule has 2 aromatic rings. The van der Waals surface area contributed by atoms with Gasteiger partial charge in [0.1, 0.15) is 0 Å². The summed E-state index contributed by atoms with van der Waals surface area (Å²) >= 11 is 1.66. The first-order valence-corrected chi connectivity index (χ1v) is 11.8. The van der Waals surface area contributed by atoms with E-state index < -0.39 is 0 Å². The van der Waals surface area contributed by atoms with Crippen LogP contribution in [-0.4, -0.2) is 72.7 Å². The summed E-state index contributed by atoms with van der Waals surface area (Å²) in [6.07, 6.45) is 2.85. The van der Waals surface area contributed by atoms with Crippen molar-refractivity contribution in [1.82, 2.24) is 14.7 Å². The van der Waals surface area contributed by atoms with Gasteiger partial charge in [-0.1, -0.05) is 6.07 Å². The van der Waals surface area contributed by atoms with E-state index >= 15 is 0 Å². The fraction of sp³-hybridized carbons (Fsp3) is 0.522. The molecule has 3 aliphatic heterocycles. The highest BCUT2D eigenvalue weighted by Gasteiger charge is 2.30. The Bertz CT molecular complexity index is 865. The molecule has 7 heteroatoms. The third kappa shape index (κ3) is 4.48. The Morgan fingerprint density at radius 2 is 1.90 bits per heavy atom. The molecule has 0 saturated carbocycles. The van der Waals surface area contributed by atoms with Crippen LogP contribution in [0.5, 0.6) is 11.5 Å². The Morgan fingerprint density at radius 3 is 2.73 bits per heavy atom. The smallest absolute Gasteiger partial charge is 0.231 e. The molecule has 4 heterocycles. The standard InChI is InChI=1S/C23H29N3O3S/c27-23(13-19-5-11-30-16-19)26-6-1-2-20(15-26)25-9-7-24(8-10-25)14-18-3-4-21-22(12-18)29-17-28-21/h3-5,11-12,16,20H,1-2,6-10,13-15,17H2. The second kappa shape index (κ2) is 8.96. The molecule has 2 fully saturated rings. The third-order valence-electron chi connectivity index (χ3n) is 6.45. The fourth-order valence-corrected chi connectivity index (χ4v) is 5.41. The number of rotatable bonds is 5. The highest BCUT2D eigenvalue weighted by Crippen LogP contribution is 2.33. The van der Waals surface area contributed by atoms with E-state index in [2.05, 4.69) is 38.3 Å². The van der Waals surface area contributed by atoms with Gasteiger partial charge in [-0.3, -0.25) is 14.6 Å². The molecule has 0 aliphatic carbocycles. The Labute approximate surface area is 182 Å². The largest absolute Gasteiger partial charge is 0.454 e. The predicted molar refractivity (Wildman–Crippen MR) is 117 cm³/mol. The number of fused-ring (bicyclic) bond motifs is 1. The van der Waals surface area contributed by atoms with Gasteiger partial charge in [0.05, 0.1) is 6.42 Å². The quantitative estimate of drug-likeness (QED) is 0.734. The molecule has 1 amide bonds. The molecule has 0 spiro atoms. The Balaban J connectivity index is 1.11. The van der Waals surface area contributed by atoms with Gasteiger partial charge in [-0.2, -0.15) is 11.3 Å². The first-order valence-electron chi connectivity index (χ1n) is 10.9. The molecule has 3 aliphatic rings. The molecule has 1 unspecified atom stereocenters. The molecule has 1 atom stereocenters. The van der Waals surface area contributed by atoms with E-state index in [4.69, 9.17) is 9.47 Å². The van der Waals surface area contributed by atoms with Crippen molar-refractivity contribution in [3.63, 3.8) is 0 Å². The van der Waals surface area contributed by atoms with Crippen LogP contribution in [-0.2, 0) is 17.8 Å². The van der Waals surface area contributed by atoms with E-state index in [-0.39, 0.29) is 5.91 Å². The number of thiophene rings is 1. The molecule has 160 valence electrons. The summed E-state index contributed by atoms with van der Waals surface area (Å²) in [7, 11) is 0. The molecule has 0 N–H and O–H groups in total. The fourth-order valence-electron chi connectivity index (χ4n) is 4.74. The van der Waals surface area contributed by atoms with E-state index in [1.165, 1.54) is 12.0 Å². The number of hydrogen-bond donors (Lipinski definition) is 0. The van der Waals surface area contributed by atoms with Crippen LogP contribution in [0.2, 0.25) is 0 Å². The van der Waals surface area contributed by atoms with Crippen molar-refractivity contribution in [3.05, 3.63) is 46.2 Å². The molecule has 6 nitrogen and oxygen atoms in total. The Kier molecular flexibility index (Phi) is 5.93. The Hall–Kier alpha value is -2.09. The minimum absolute atomic E-state index is 0.277. The number of carbonyl (C=O) groups excluding carboxylic acids is 1. The first-order chi connectivity index (χ1) is 14.7. The van der Waals surface area contributed by atoms with E-state index in [1.807, 2.05) is 11.4 Å². The summed E-state index contributed by atoms with van der Waals surface area (Å²) in [6, 6.07) is 8.81. The van der Waals surface area contributed by atoms with Crippen molar-refractivity contribution >= 4 is 17.2 Å². The summed E-state index contributed by atoms with van der Waals surface area (Å²) in [5.41, 5.74) is 2.42. The summed E-state index contributed by atoms with van der Waals surface area (Å²) in [5, 5.41) is 4.13. The first kappa shape index (κ1) is 19.8. The highest BCUT2D eigenvalue weighted by molar-refractivity contribution is 7.08. The molecule has 1 aromatic heterocycles. The van der Waals surface area contributed by atoms with Crippen molar-refractivity contribution in [2.24, 2.45) is 0 Å². The number of hydrogen-bond acceptors (Lipinski definition) is 6. The SMILES string of the molecule is O=C(Cc1ccsc1)N1CCCC(N2CCN(Cc3ccc4c(c3)OCO4)CC2)C1. The second-order valence-electron chi connectivity index (χ2n) is 8.44. The maximum Gasteiger partial charge on any atom is 0.231 e. The van der Waals surface area contributed by atoms with Gasteiger partial charge >= 0.3 is 0 Å². The molecule has 2 saturated heterocycles. The average Bonchev–Trinajstić information content (AvgIpc) is 3.46. The maximum absolute atomic E-state index is 12.7. The lowest BCUT2D eigenvalue weighted by molar-refractivity contribution is -0.132. The lowest BCUT2D eigenvalue weighted by Gasteiger charge is -2.43. The van der Waals surface area contributed by atoms with Gasteiger partial charge < -0.3 is 14.4 Å². The topological polar surface area (TPSA) is 45.3 Å². The number of amides is 1. The van der Waals surface area contributed by atoms with Crippen LogP contribution in [0.25, 0.3) is 0 Å². The maximum atomic E-state index is 12.7. The van der Waals surface area contributed by atoms with Gasteiger partial charge in [-0.05, 0) is 52.9 Å². The number of piperazine rings is 1. The number of benzene rings is 1. The summed E-state index contributed by atoms with van der Waals surface area (Å²) in [4.78, 5) is 19.9. The molecule has 1 aromatic carbocycles. The van der Waals surface area contributed by atoms with Gasteiger partial charge in [0.2, 0.25) is 12.7 Å². The minimum atomic E-state index is 0.277. The van der Waals surface area contributed by atoms with Gasteiger partial charge in [0.15, 0.2) is 11.5 Å². The van der Waals surface area contributed by atoms with E-state index in [9.17, 15) is 4.79 Å². The van der Waals surface area contributed by atoms with E-state index in [1.54, 1.807) is 11.3 Å². The van der Waals surface area contributed by atoms with Gasteiger partial charge in [-0.15, -0.1) is 0 Å². The summed E-state index contributed by atoms with van der Waals surface area (Å²) < 4.78 is 10.9. The number of piperidine rings is 1. The van der Waals surface area contributed by atoms with Crippen molar-refractivity contribution in [2.45, 2.75) is 31.8 Å². The number of ether oxygens (including phenoxy) is 2. The van der Waals surface area contributed by atoms with Crippen molar-refractivity contribution in [2.75, 3.05) is 46.1 Å². The summed E-state index contributed by atoms with van der Waals surface area (Å²) in [6.45, 7) is 7.33. The van der Waals surface area contributed by atoms with Gasteiger partial charge in [0.25, 0.3) is 0 Å². The zero-order valence-electron chi connectivity index (χ0n) is 17.3. The number of nitrogens with zero attached hydrogens (tertiary/aromatic N) is 3. The van der Waals surface area contributed by atoms with Crippen LogP contribution in [0.3, 0.4) is 0 Å². The predicted octanol–water partition coefficient (Wildman–Crippen LogP) is 2.83. The minimum Gasteiger partial charge on any atom is -0.454 e. The molecule has 0 radical (unpaired) electrons. The summed E-state index contributed by atoms with van der Waals surface area (Å²) in [5.74, 6) is 1.99. The van der Waals surface area contributed by atoms with Crippen LogP contribution in [0, 0.1) is 0 Å². The molecular weight excluding hydrogens is 398 g/mol. The molecule has 0 bridgehead atoms. The highest BCUT2D eigenvalue weighted by atomic mass is 32.1. The zero-order valence-corrected chi connectivity index (χ0v) is 18.1. The van der Waals surface area contributed by atoms with Crippen molar-refractivity contribution < 1.29 is 14.3 Å². The monoisotopic (exact) mass is 427 g/mol. The Morgan fingerprint density at radius 1 is 1.03 bits per heavy atom. The van der Waals surface area contributed by atoms with Crippen molar-refractivity contribution in [1.29, 1.82) is 0 Å². The average molecular weight is 428 g/mol. The van der Waals surface area contributed by atoms with Crippen molar-refractivity contribution in [3.8, 4) is 11.5 Å². The molecular formula is C23H29N3O3S. The van der Waals surface area contributed by atoms with Crippen LogP contribution in [0.15, 0.2) is 35.0 Å². The van der Waals surface area contributed by atoms with Crippen LogP contribution < -0.4 is 9.47 Å². The number of likely N-dealkylation sites (tertiary alicyclic amines) is 1. The second-order valence-corrected chi connectivity index (χ2v) is 9.22. The molecule has 30 heavy (non-hydrogen) atoms. The zero-order chi connectivity index (χ0) is 20.3.